The van der Waals surface area contributed by atoms with Crippen LogP contribution in [0.5, 0.6) is 0 Å². The van der Waals surface area contributed by atoms with E-state index in [1.54, 1.807) is 0 Å². The quantitative estimate of drug-likeness (QED) is 0.910. The third-order valence-electron chi connectivity index (χ3n) is 3.81. The molecule has 0 saturated carbocycles. The van der Waals surface area contributed by atoms with E-state index in [0.717, 1.165) is 16.8 Å². The van der Waals surface area contributed by atoms with Gasteiger partial charge in [0.1, 0.15) is 11.6 Å². The molecule has 1 atom stereocenters. The second-order valence-electron chi connectivity index (χ2n) is 5.30. The minimum Gasteiger partial charge on any atom is -0.386 e. The molecule has 7 heteroatoms. The first-order valence-electron chi connectivity index (χ1n) is 7.58. The molecule has 0 radical (unpaired) electrons. The van der Waals surface area contributed by atoms with Crippen LogP contribution in [0.25, 0.3) is 0 Å². The van der Waals surface area contributed by atoms with Crippen molar-refractivity contribution in [2.75, 3.05) is 0 Å². The Hall–Kier alpha value is -2.59. The van der Waals surface area contributed by atoms with Crippen molar-refractivity contribution in [3.05, 3.63) is 62.6 Å². The molecule has 5 nitrogen and oxygen atoms in total. The molecule has 2 rings (SSSR count). The number of nitrogens with zero attached hydrogens (tertiary/aromatic N) is 3. The van der Waals surface area contributed by atoms with Gasteiger partial charge in [0.25, 0.3) is 5.56 Å². The molecule has 0 aliphatic rings. The number of benzene rings is 1. The Morgan fingerprint density at radius 1 is 1.29 bits per heavy atom. The predicted molar refractivity (Wildman–Crippen MR) is 83.3 cm³/mol. The van der Waals surface area contributed by atoms with Crippen molar-refractivity contribution in [3.8, 4) is 6.07 Å². The van der Waals surface area contributed by atoms with Crippen molar-refractivity contribution in [2.45, 2.75) is 39.3 Å². The van der Waals surface area contributed by atoms with E-state index in [-0.39, 0.29) is 17.7 Å². The number of aryl methyl sites for hydroxylation is 1. The van der Waals surface area contributed by atoms with Gasteiger partial charge in [-0.3, -0.25) is 4.79 Å². The summed E-state index contributed by atoms with van der Waals surface area (Å²) >= 11 is 0. The minimum atomic E-state index is -1.26. The summed E-state index contributed by atoms with van der Waals surface area (Å²) in [5.74, 6) is -2.10. The molecule has 0 saturated heterocycles. The van der Waals surface area contributed by atoms with Crippen LogP contribution in [0.1, 0.15) is 42.3 Å². The fourth-order valence-corrected chi connectivity index (χ4v) is 2.55. The summed E-state index contributed by atoms with van der Waals surface area (Å²) in [6, 6.07) is 4.91. The van der Waals surface area contributed by atoms with Gasteiger partial charge in [-0.15, -0.1) is 0 Å². The Kier molecular flexibility index (Phi) is 5.42. The van der Waals surface area contributed by atoms with Crippen LogP contribution >= 0.6 is 0 Å². The number of aliphatic hydroxyl groups is 1. The van der Waals surface area contributed by atoms with E-state index in [4.69, 9.17) is 0 Å². The maximum Gasteiger partial charge on any atom is 0.285 e. The molecule has 24 heavy (non-hydrogen) atoms. The Balaban J connectivity index is 2.44. The lowest BCUT2D eigenvalue weighted by atomic mass is 10.0. The Morgan fingerprint density at radius 2 is 2.00 bits per heavy atom. The molecule has 1 heterocycles. The third-order valence-corrected chi connectivity index (χ3v) is 3.81. The van der Waals surface area contributed by atoms with E-state index in [9.17, 15) is 23.9 Å². The molecule has 0 aliphatic carbocycles. The minimum absolute atomic E-state index is 0.00170. The number of hydrogen-bond donors (Lipinski definition) is 1. The lowest BCUT2D eigenvalue weighted by Crippen LogP contribution is -2.30. The summed E-state index contributed by atoms with van der Waals surface area (Å²) in [6.07, 6.45) is -0.227. The molecular formula is C17H17F2N3O2. The second kappa shape index (κ2) is 7.32. The number of halogens is 2. The highest BCUT2D eigenvalue weighted by molar-refractivity contribution is 5.38. The molecule has 2 aromatic rings. The summed E-state index contributed by atoms with van der Waals surface area (Å²) in [5.41, 5.74) is 0.725. The van der Waals surface area contributed by atoms with Crippen LogP contribution < -0.4 is 5.56 Å². The lowest BCUT2D eigenvalue weighted by molar-refractivity contribution is 0.148. The van der Waals surface area contributed by atoms with Crippen molar-refractivity contribution in [1.29, 1.82) is 5.26 Å². The number of hydrogen-bond acceptors (Lipinski definition) is 4. The van der Waals surface area contributed by atoms with E-state index in [1.807, 2.05) is 19.9 Å². The van der Waals surface area contributed by atoms with Crippen molar-refractivity contribution in [1.82, 2.24) is 9.78 Å². The molecule has 0 spiro atoms. The Morgan fingerprint density at radius 3 is 2.54 bits per heavy atom. The van der Waals surface area contributed by atoms with Crippen LogP contribution in [0.3, 0.4) is 0 Å². The molecular weight excluding hydrogens is 316 g/mol. The topological polar surface area (TPSA) is 78.9 Å². The van der Waals surface area contributed by atoms with Gasteiger partial charge in [0.2, 0.25) is 0 Å². The van der Waals surface area contributed by atoms with Crippen LogP contribution in [0.2, 0.25) is 0 Å². The zero-order valence-electron chi connectivity index (χ0n) is 13.4. The summed E-state index contributed by atoms with van der Waals surface area (Å²) < 4.78 is 27.3. The second-order valence-corrected chi connectivity index (χ2v) is 5.30. The van der Waals surface area contributed by atoms with Gasteiger partial charge in [0, 0.05) is 0 Å². The van der Waals surface area contributed by atoms with Crippen LogP contribution in [0, 0.1) is 23.0 Å². The van der Waals surface area contributed by atoms with Gasteiger partial charge >= 0.3 is 0 Å². The zero-order chi connectivity index (χ0) is 17.9. The maximum atomic E-state index is 13.3. The van der Waals surface area contributed by atoms with Gasteiger partial charge in [-0.2, -0.15) is 10.4 Å². The average molecular weight is 333 g/mol. The molecule has 1 N–H and O–H groups in total. The SMILES string of the molecule is CCc1nn(CC(O)c2ccc(F)c(F)c2)c(=O)c(C#N)c1CC. The van der Waals surface area contributed by atoms with Gasteiger partial charge in [-0.1, -0.05) is 19.9 Å². The van der Waals surface area contributed by atoms with Crippen molar-refractivity contribution in [2.24, 2.45) is 0 Å². The molecule has 126 valence electrons. The smallest absolute Gasteiger partial charge is 0.285 e. The van der Waals surface area contributed by atoms with E-state index in [2.05, 4.69) is 5.10 Å². The highest BCUT2D eigenvalue weighted by atomic mass is 19.2. The Labute approximate surface area is 137 Å². The fraction of sp³-hybridized carbons (Fsp3) is 0.353. The van der Waals surface area contributed by atoms with Gasteiger partial charge in [-0.05, 0) is 36.1 Å². The van der Waals surface area contributed by atoms with Crippen LogP contribution in [-0.2, 0) is 19.4 Å². The van der Waals surface area contributed by atoms with E-state index < -0.39 is 23.3 Å². The van der Waals surface area contributed by atoms with Crippen LogP contribution in [-0.4, -0.2) is 14.9 Å². The predicted octanol–water partition coefficient (Wildman–Crippen LogP) is 2.25. The van der Waals surface area contributed by atoms with E-state index in [0.29, 0.717) is 24.1 Å². The summed E-state index contributed by atoms with van der Waals surface area (Å²) in [5, 5.41) is 23.6. The number of aromatic nitrogens is 2. The molecule has 1 unspecified atom stereocenters. The summed E-state index contributed by atoms with van der Waals surface area (Å²) in [6.45, 7) is 3.43. The van der Waals surface area contributed by atoms with Gasteiger partial charge in [0.05, 0.1) is 18.3 Å². The van der Waals surface area contributed by atoms with Crippen molar-refractivity contribution < 1.29 is 13.9 Å². The van der Waals surface area contributed by atoms with E-state index in [1.165, 1.54) is 6.07 Å². The molecule has 1 aromatic heterocycles. The monoisotopic (exact) mass is 333 g/mol. The van der Waals surface area contributed by atoms with Crippen LogP contribution in [0.15, 0.2) is 23.0 Å². The number of nitriles is 1. The molecule has 0 aliphatic heterocycles. The first-order chi connectivity index (χ1) is 11.4. The van der Waals surface area contributed by atoms with Gasteiger partial charge in [0.15, 0.2) is 11.6 Å². The largest absolute Gasteiger partial charge is 0.386 e. The highest BCUT2D eigenvalue weighted by Gasteiger charge is 2.18. The van der Waals surface area contributed by atoms with Gasteiger partial charge < -0.3 is 5.11 Å². The van der Waals surface area contributed by atoms with Crippen molar-refractivity contribution in [3.63, 3.8) is 0 Å². The van der Waals surface area contributed by atoms with Gasteiger partial charge in [-0.25, -0.2) is 13.5 Å². The van der Waals surface area contributed by atoms with Crippen LogP contribution in [0.4, 0.5) is 8.78 Å². The normalized spacial score (nSPS) is 12.0. The number of aliphatic hydroxyl groups excluding tert-OH is 1. The molecule has 1 aromatic carbocycles. The highest BCUT2D eigenvalue weighted by Crippen LogP contribution is 2.18. The average Bonchev–Trinajstić information content (AvgIpc) is 2.58. The summed E-state index contributed by atoms with van der Waals surface area (Å²) in [7, 11) is 0. The maximum absolute atomic E-state index is 13.3. The molecule has 0 bridgehead atoms. The first kappa shape index (κ1) is 17.8. The lowest BCUT2D eigenvalue weighted by Gasteiger charge is -2.15. The molecule has 0 amide bonds. The summed E-state index contributed by atoms with van der Waals surface area (Å²) in [4.78, 5) is 12.4. The fourth-order valence-electron chi connectivity index (χ4n) is 2.55. The third kappa shape index (κ3) is 3.34. The number of rotatable bonds is 5. The first-order valence-corrected chi connectivity index (χ1v) is 7.58. The zero-order valence-corrected chi connectivity index (χ0v) is 13.4. The molecule has 0 fully saturated rings. The van der Waals surface area contributed by atoms with Crippen molar-refractivity contribution >= 4 is 0 Å². The van der Waals surface area contributed by atoms with E-state index >= 15 is 0 Å². The standard InChI is InChI=1S/C17H17F2N3O2/c1-3-11-12(8-20)17(24)22(21-15(11)4-2)9-16(23)10-5-6-13(18)14(19)7-10/h5-7,16,23H,3-4,9H2,1-2H3. The Bertz CT molecular complexity index is 856.